The van der Waals surface area contributed by atoms with Gasteiger partial charge in [0.2, 0.25) is 5.95 Å². The summed E-state index contributed by atoms with van der Waals surface area (Å²) in [5.74, 6) is 2.06. The Morgan fingerprint density at radius 1 is 1.40 bits per heavy atom. The van der Waals surface area contributed by atoms with Crippen molar-refractivity contribution in [3.05, 3.63) is 11.8 Å². The van der Waals surface area contributed by atoms with Gasteiger partial charge in [-0.15, -0.1) is 0 Å². The summed E-state index contributed by atoms with van der Waals surface area (Å²) in [6.45, 7) is 3.85. The fraction of sp³-hybridized carbons (Fsp3) is 0.733. The highest BCUT2D eigenvalue weighted by molar-refractivity contribution is 5.49. The van der Waals surface area contributed by atoms with Gasteiger partial charge in [-0.05, 0) is 26.2 Å². The van der Waals surface area contributed by atoms with E-state index < -0.39 is 5.60 Å². The lowest BCUT2D eigenvalue weighted by molar-refractivity contribution is -0.0613. The van der Waals surface area contributed by atoms with Gasteiger partial charge in [0, 0.05) is 37.8 Å². The molecule has 0 spiro atoms. The van der Waals surface area contributed by atoms with Gasteiger partial charge in [-0.2, -0.15) is 4.98 Å². The number of aliphatic hydroxyl groups is 1. The molecule has 3 rings (SSSR count). The Labute approximate surface area is 120 Å². The van der Waals surface area contributed by atoms with Gasteiger partial charge in [0.05, 0.1) is 5.60 Å². The molecule has 1 saturated carbocycles. The molecule has 2 fully saturated rings. The van der Waals surface area contributed by atoms with Crippen LogP contribution in [0.25, 0.3) is 0 Å². The number of hydrogen-bond donors (Lipinski definition) is 2. The summed E-state index contributed by atoms with van der Waals surface area (Å²) in [5, 5.41) is 13.8. The number of aromatic nitrogens is 2. The van der Waals surface area contributed by atoms with Crippen LogP contribution in [0.15, 0.2) is 6.20 Å². The summed E-state index contributed by atoms with van der Waals surface area (Å²) in [4.78, 5) is 11.2. The molecule has 0 aromatic carbocycles. The first-order valence-corrected chi connectivity index (χ1v) is 7.61. The fourth-order valence-corrected chi connectivity index (χ4v) is 3.64. The summed E-state index contributed by atoms with van der Waals surface area (Å²) >= 11 is 0. The Morgan fingerprint density at radius 2 is 2.25 bits per heavy atom. The highest BCUT2D eigenvalue weighted by Crippen LogP contribution is 2.40. The largest absolute Gasteiger partial charge is 0.389 e. The van der Waals surface area contributed by atoms with Crippen molar-refractivity contribution >= 4 is 11.8 Å². The van der Waals surface area contributed by atoms with E-state index in [2.05, 4.69) is 27.1 Å². The van der Waals surface area contributed by atoms with Crippen molar-refractivity contribution < 1.29 is 5.11 Å². The third-order valence-electron chi connectivity index (χ3n) is 4.90. The minimum absolute atomic E-state index is 0.386. The van der Waals surface area contributed by atoms with E-state index in [1.807, 2.05) is 13.2 Å². The molecule has 2 atom stereocenters. The van der Waals surface area contributed by atoms with Crippen LogP contribution in [0.1, 0.15) is 37.7 Å². The minimum atomic E-state index is -0.429. The first-order valence-electron chi connectivity index (χ1n) is 7.61. The molecule has 2 aliphatic rings. The van der Waals surface area contributed by atoms with Crippen molar-refractivity contribution in [1.82, 2.24) is 9.97 Å². The van der Waals surface area contributed by atoms with Gasteiger partial charge in [-0.1, -0.05) is 12.8 Å². The number of fused-ring (bicyclic) bond motifs is 1. The van der Waals surface area contributed by atoms with E-state index >= 15 is 0 Å². The van der Waals surface area contributed by atoms with Crippen LogP contribution in [0.2, 0.25) is 0 Å². The SMILES string of the molecule is CNc1ncc(C)c(N2CCC3(O)CCCCC3C2)n1. The summed E-state index contributed by atoms with van der Waals surface area (Å²) in [5.41, 5.74) is 0.673. The van der Waals surface area contributed by atoms with Crippen molar-refractivity contribution in [1.29, 1.82) is 0 Å². The Bertz CT molecular complexity index is 493. The Hall–Kier alpha value is -1.36. The van der Waals surface area contributed by atoms with Crippen molar-refractivity contribution in [3.63, 3.8) is 0 Å². The fourth-order valence-electron chi connectivity index (χ4n) is 3.64. The van der Waals surface area contributed by atoms with Crippen LogP contribution < -0.4 is 10.2 Å². The summed E-state index contributed by atoms with van der Waals surface area (Å²) in [6.07, 6.45) is 7.24. The van der Waals surface area contributed by atoms with E-state index in [9.17, 15) is 5.11 Å². The topological polar surface area (TPSA) is 61.3 Å². The number of anilines is 2. The van der Waals surface area contributed by atoms with Crippen LogP contribution >= 0.6 is 0 Å². The van der Waals surface area contributed by atoms with Gasteiger partial charge >= 0.3 is 0 Å². The maximum absolute atomic E-state index is 10.8. The molecule has 0 amide bonds. The highest BCUT2D eigenvalue weighted by Gasteiger charge is 2.43. The Morgan fingerprint density at radius 3 is 3.05 bits per heavy atom. The van der Waals surface area contributed by atoms with E-state index in [4.69, 9.17) is 0 Å². The monoisotopic (exact) mass is 276 g/mol. The average Bonchev–Trinajstić information content (AvgIpc) is 2.47. The molecule has 1 aromatic rings. The number of aryl methyl sites for hydroxylation is 1. The summed E-state index contributed by atoms with van der Waals surface area (Å²) in [6, 6.07) is 0. The van der Waals surface area contributed by atoms with Gasteiger partial charge in [0.15, 0.2) is 0 Å². The smallest absolute Gasteiger partial charge is 0.224 e. The second kappa shape index (κ2) is 5.20. The quantitative estimate of drug-likeness (QED) is 0.864. The second-order valence-corrected chi connectivity index (χ2v) is 6.19. The van der Waals surface area contributed by atoms with Gasteiger partial charge in [0.25, 0.3) is 0 Å². The van der Waals surface area contributed by atoms with Gasteiger partial charge in [0.1, 0.15) is 5.82 Å². The number of nitrogens with one attached hydrogen (secondary N) is 1. The predicted molar refractivity (Wildman–Crippen MR) is 80.1 cm³/mol. The third-order valence-corrected chi connectivity index (χ3v) is 4.90. The van der Waals surface area contributed by atoms with Crippen LogP contribution in [-0.2, 0) is 0 Å². The minimum Gasteiger partial charge on any atom is -0.389 e. The number of hydrogen-bond acceptors (Lipinski definition) is 5. The van der Waals surface area contributed by atoms with Gasteiger partial charge in [-0.25, -0.2) is 4.98 Å². The molecule has 1 aliphatic heterocycles. The van der Waals surface area contributed by atoms with Crippen molar-refractivity contribution in [2.24, 2.45) is 5.92 Å². The predicted octanol–water partition coefficient (Wildman–Crippen LogP) is 1.96. The molecule has 5 nitrogen and oxygen atoms in total. The molecule has 1 aliphatic carbocycles. The Balaban J connectivity index is 1.82. The first-order chi connectivity index (χ1) is 9.62. The number of piperidine rings is 1. The molecule has 2 N–H and O–H groups in total. The van der Waals surface area contributed by atoms with Crippen LogP contribution in [0, 0.1) is 12.8 Å². The number of rotatable bonds is 2. The molecule has 2 unspecified atom stereocenters. The molecule has 20 heavy (non-hydrogen) atoms. The van der Waals surface area contributed by atoms with Crippen LogP contribution in [-0.4, -0.2) is 40.8 Å². The van der Waals surface area contributed by atoms with Gasteiger partial charge in [-0.3, -0.25) is 0 Å². The van der Waals surface area contributed by atoms with Crippen molar-refractivity contribution in [2.75, 3.05) is 30.4 Å². The highest BCUT2D eigenvalue weighted by atomic mass is 16.3. The van der Waals surface area contributed by atoms with E-state index in [0.29, 0.717) is 11.9 Å². The van der Waals surface area contributed by atoms with E-state index in [1.54, 1.807) is 0 Å². The molecule has 110 valence electrons. The summed E-state index contributed by atoms with van der Waals surface area (Å²) < 4.78 is 0. The van der Waals surface area contributed by atoms with E-state index in [0.717, 1.165) is 43.7 Å². The molecule has 0 radical (unpaired) electrons. The zero-order valence-electron chi connectivity index (χ0n) is 12.4. The zero-order valence-corrected chi connectivity index (χ0v) is 12.4. The standard InChI is InChI=1S/C15H24N4O/c1-11-9-17-14(16-2)18-13(11)19-8-7-15(20)6-4-3-5-12(15)10-19/h9,12,20H,3-8,10H2,1-2H3,(H,16,17,18). The maximum Gasteiger partial charge on any atom is 0.224 e. The van der Waals surface area contributed by atoms with Crippen molar-refractivity contribution in [3.8, 4) is 0 Å². The Kier molecular flexibility index (Phi) is 3.54. The third kappa shape index (κ3) is 2.35. The number of nitrogens with zero attached hydrogens (tertiary/aromatic N) is 3. The maximum atomic E-state index is 10.8. The van der Waals surface area contributed by atoms with Crippen LogP contribution in [0.3, 0.4) is 0 Å². The second-order valence-electron chi connectivity index (χ2n) is 6.19. The molecule has 0 bridgehead atoms. The average molecular weight is 276 g/mol. The first kappa shape index (κ1) is 13.6. The lowest BCUT2D eigenvalue weighted by Crippen LogP contribution is -2.53. The van der Waals surface area contributed by atoms with Gasteiger partial charge < -0.3 is 15.3 Å². The van der Waals surface area contributed by atoms with E-state index in [1.165, 1.54) is 12.8 Å². The lowest BCUT2D eigenvalue weighted by atomic mass is 9.71. The lowest BCUT2D eigenvalue weighted by Gasteiger charge is -2.48. The van der Waals surface area contributed by atoms with Crippen LogP contribution in [0.5, 0.6) is 0 Å². The zero-order chi connectivity index (χ0) is 14.2. The van der Waals surface area contributed by atoms with Crippen molar-refractivity contribution in [2.45, 2.75) is 44.6 Å². The molecular weight excluding hydrogens is 252 g/mol. The normalized spacial score (nSPS) is 29.9. The molecule has 1 saturated heterocycles. The molecular formula is C15H24N4O. The van der Waals surface area contributed by atoms with Crippen LogP contribution in [0.4, 0.5) is 11.8 Å². The summed E-state index contributed by atoms with van der Waals surface area (Å²) in [7, 11) is 1.84. The van der Waals surface area contributed by atoms with E-state index in [-0.39, 0.29) is 0 Å². The molecule has 2 heterocycles. The molecule has 5 heteroatoms. The molecule has 1 aromatic heterocycles.